The predicted molar refractivity (Wildman–Crippen MR) is 81.4 cm³/mol. The number of halogens is 1. The van der Waals surface area contributed by atoms with Crippen molar-refractivity contribution >= 4 is 17.6 Å². The highest BCUT2D eigenvalue weighted by Crippen LogP contribution is 2.16. The maximum absolute atomic E-state index is 13.2. The van der Waals surface area contributed by atoms with Gasteiger partial charge in [-0.2, -0.15) is 0 Å². The molecular weight excluding hydrogens is 315 g/mol. The molecule has 0 radical (unpaired) electrons. The van der Waals surface area contributed by atoms with Crippen LogP contribution in [0.2, 0.25) is 0 Å². The first-order valence-corrected chi connectivity index (χ1v) is 7.44. The van der Waals surface area contributed by atoms with Gasteiger partial charge in [0.2, 0.25) is 5.91 Å². The zero-order valence-electron chi connectivity index (χ0n) is 12.7. The molecule has 1 aromatic carbocycles. The fourth-order valence-corrected chi connectivity index (χ4v) is 2.65. The number of furan rings is 1. The third kappa shape index (κ3) is 3.51. The lowest BCUT2D eigenvalue weighted by atomic mass is 10.2. The maximum atomic E-state index is 13.2. The minimum absolute atomic E-state index is 0.0477. The SMILES string of the molecule is O=C(N[C@H]1CC(=O)N(Cc2cccc(F)c2)C1)C(=O)c1ccco1. The standard InChI is InChI=1S/C17H15FN2O4/c18-12-4-1-3-11(7-12)9-20-10-13(8-15(20)21)19-17(23)16(22)14-5-2-6-24-14/h1-7,13H,8-10H2,(H,19,23)/t13-/m0/s1. The minimum atomic E-state index is -0.810. The monoisotopic (exact) mass is 330 g/mol. The number of carbonyl (C=O) groups is 3. The molecule has 1 fully saturated rings. The van der Waals surface area contributed by atoms with Crippen molar-refractivity contribution in [2.75, 3.05) is 6.54 Å². The average Bonchev–Trinajstić information content (AvgIpc) is 3.17. The second-order valence-electron chi connectivity index (χ2n) is 5.59. The number of nitrogens with one attached hydrogen (secondary N) is 1. The molecule has 0 saturated carbocycles. The first kappa shape index (κ1) is 15.9. The summed E-state index contributed by atoms with van der Waals surface area (Å²) in [6.45, 7) is 0.529. The summed E-state index contributed by atoms with van der Waals surface area (Å²) < 4.78 is 18.1. The molecule has 1 atom stereocenters. The van der Waals surface area contributed by atoms with Crippen LogP contribution in [0.5, 0.6) is 0 Å². The number of amides is 2. The molecule has 0 aliphatic carbocycles. The summed E-state index contributed by atoms with van der Waals surface area (Å²) in [5.74, 6) is -2.16. The summed E-state index contributed by atoms with van der Waals surface area (Å²) in [6, 6.07) is 8.45. The highest BCUT2D eigenvalue weighted by atomic mass is 19.1. The summed E-state index contributed by atoms with van der Waals surface area (Å²) in [5.41, 5.74) is 0.669. The summed E-state index contributed by atoms with van der Waals surface area (Å²) >= 11 is 0. The van der Waals surface area contributed by atoms with E-state index in [0.717, 1.165) is 0 Å². The first-order valence-electron chi connectivity index (χ1n) is 7.44. The maximum Gasteiger partial charge on any atom is 0.296 e. The molecule has 24 heavy (non-hydrogen) atoms. The summed E-state index contributed by atoms with van der Waals surface area (Å²) in [6.07, 6.45) is 1.41. The van der Waals surface area contributed by atoms with E-state index in [2.05, 4.69) is 5.32 Å². The van der Waals surface area contributed by atoms with E-state index in [1.165, 1.54) is 35.4 Å². The molecule has 1 aromatic heterocycles. The fourth-order valence-electron chi connectivity index (χ4n) is 2.65. The lowest BCUT2D eigenvalue weighted by Gasteiger charge is -2.17. The van der Waals surface area contributed by atoms with Crippen LogP contribution < -0.4 is 5.32 Å². The molecular formula is C17H15FN2O4. The van der Waals surface area contributed by atoms with Gasteiger partial charge in [-0.1, -0.05) is 12.1 Å². The molecule has 3 rings (SSSR count). The van der Waals surface area contributed by atoms with Crippen LogP contribution in [0.1, 0.15) is 22.5 Å². The summed E-state index contributed by atoms with van der Waals surface area (Å²) in [4.78, 5) is 37.3. The molecule has 1 aliphatic heterocycles. The molecule has 7 heteroatoms. The van der Waals surface area contributed by atoms with Crippen LogP contribution in [0.15, 0.2) is 47.1 Å². The molecule has 0 unspecified atom stereocenters. The van der Waals surface area contributed by atoms with Crippen LogP contribution in [0, 0.1) is 5.82 Å². The van der Waals surface area contributed by atoms with Crippen LogP contribution in [0.4, 0.5) is 4.39 Å². The van der Waals surface area contributed by atoms with Crippen LogP contribution >= 0.6 is 0 Å². The molecule has 1 N–H and O–H groups in total. The molecule has 0 spiro atoms. The number of carbonyl (C=O) groups excluding carboxylic acids is 3. The van der Waals surface area contributed by atoms with Gasteiger partial charge in [-0.05, 0) is 29.8 Å². The van der Waals surface area contributed by atoms with E-state index in [9.17, 15) is 18.8 Å². The Morgan fingerprint density at radius 2 is 2.12 bits per heavy atom. The number of hydrogen-bond acceptors (Lipinski definition) is 4. The number of benzene rings is 1. The van der Waals surface area contributed by atoms with E-state index >= 15 is 0 Å². The van der Waals surface area contributed by atoms with Crippen LogP contribution in [0.3, 0.4) is 0 Å². The van der Waals surface area contributed by atoms with Gasteiger partial charge in [0.1, 0.15) is 5.82 Å². The van der Waals surface area contributed by atoms with Crippen molar-refractivity contribution in [2.24, 2.45) is 0 Å². The largest absolute Gasteiger partial charge is 0.461 e. The highest BCUT2D eigenvalue weighted by molar-refractivity contribution is 6.42. The lowest BCUT2D eigenvalue weighted by molar-refractivity contribution is -0.128. The van der Waals surface area contributed by atoms with Crippen molar-refractivity contribution in [3.63, 3.8) is 0 Å². The van der Waals surface area contributed by atoms with Crippen molar-refractivity contribution in [1.82, 2.24) is 10.2 Å². The van der Waals surface area contributed by atoms with Gasteiger partial charge in [0.15, 0.2) is 5.76 Å². The van der Waals surface area contributed by atoms with E-state index in [-0.39, 0.29) is 37.0 Å². The van der Waals surface area contributed by atoms with Crippen molar-refractivity contribution in [1.29, 1.82) is 0 Å². The van der Waals surface area contributed by atoms with Gasteiger partial charge in [0.25, 0.3) is 11.7 Å². The first-order chi connectivity index (χ1) is 11.5. The van der Waals surface area contributed by atoms with Gasteiger partial charge in [0, 0.05) is 19.5 Å². The Kier molecular flexibility index (Phi) is 4.41. The number of likely N-dealkylation sites (tertiary alicyclic amines) is 1. The van der Waals surface area contributed by atoms with Gasteiger partial charge >= 0.3 is 0 Å². The van der Waals surface area contributed by atoms with Gasteiger partial charge in [-0.15, -0.1) is 0 Å². The van der Waals surface area contributed by atoms with E-state index in [0.29, 0.717) is 5.56 Å². The third-order valence-electron chi connectivity index (χ3n) is 3.76. The molecule has 124 valence electrons. The Balaban J connectivity index is 1.58. The number of hydrogen-bond donors (Lipinski definition) is 1. The number of Topliss-reactive ketones (excluding diaryl/α,β-unsaturated/α-hetero) is 1. The number of nitrogens with zero attached hydrogens (tertiary/aromatic N) is 1. The van der Waals surface area contributed by atoms with Crippen molar-refractivity contribution in [3.8, 4) is 0 Å². The Bertz CT molecular complexity index is 773. The van der Waals surface area contributed by atoms with Gasteiger partial charge in [-0.25, -0.2) is 4.39 Å². The smallest absolute Gasteiger partial charge is 0.296 e. The topological polar surface area (TPSA) is 79.6 Å². The summed E-state index contributed by atoms with van der Waals surface area (Å²) in [5, 5.41) is 2.54. The quantitative estimate of drug-likeness (QED) is 0.666. The van der Waals surface area contributed by atoms with E-state index in [4.69, 9.17) is 4.42 Å². The number of ketones is 1. The second-order valence-corrected chi connectivity index (χ2v) is 5.59. The van der Waals surface area contributed by atoms with Crippen molar-refractivity contribution < 1.29 is 23.2 Å². The number of rotatable bonds is 5. The van der Waals surface area contributed by atoms with Crippen molar-refractivity contribution in [2.45, 2.75) is 19.0 Å². The minimum Gasteiger partial charge on any atom is -0.461 e. The zero-order chi connectivity index (χ0) is 17.1. The molecule has 2 amide bonds. The second kappa shape index (κ2) is 6.66. The molecule has 0 bridgehead atoms. The van der Waals surface area contributed by atoms with Crippen LogP contribution in [-0.4, -0.2) is 35.1 Å². The Morgan fingerprint density at radius 3 is 2.83 bits per heavy atom. The molecule has 1 saturated heterocycles. The molecule has 6 nitrogen and oxygen atoms in total. The highest BCUT2D eigenvalue weighted by Gasteiger charge is 2.32. The van der Waals surface area contributed by atoms with E-state index in [1.54, 1.807) is 12.1 Å². The lowest BCUT2D eigenvalue weighted by Crippen LogP contribution is -2.40. The van der Waals surface area contributed by atoms with Gasteiger partial charge in [-0.3, -0.25) is 14.4 Å². The molecule has 2 aromatic rings. The third-order valence-corrected chi connectivity index (χ3v) is 3.76. The van der Waals surface area contributed by atoms with Gasteiger partial charge < -0.3 is 14.6 Å². The van der Waals surface area contributed by atoms with E-state index < -0.39 is 17.7 Å². The Morgan fingerprint density at radius 1 is 1.29 bits per heavy atom. The Labute approximate surface area is 137 Å². The normalized spacial score (nSPS) is 17.1. The summed E-state index contributed by atoms with van der Waals surface area (Å²) in [7, 11) is 0. The van der Waals surface area contributed by atoms with Crippen LogP contribution in [-0.2, 0) is 16.1 Å². The zero-order valence-corrected chi connectivity index (χ0v) is 12.7. The van der Waals surface area contributed by atoms with Gasteiger partial charge in [0.05, 0.1) is 12.3 Å². The Hall–Kier alpha value is -2.96. The molecule has 2 heterocycles. The predicted octanol–water partition coefficient (Wildman–Crippen LogP) is 1.52. The molecule has 1 aliphatic rings. The fraction of sp³-hybridized carbons (Fsp3) is 0.235. The van der Waals surface area contributed by atoms with Crippen molar-refractivity contribution in [3.05, 3.63) is 59.8 Å². The van der Waals surface area contributed by atoms with E-state index in [1.807, 2.05) is 0 Å². The van der Waals surface area contributed by atoms with Crippen LogP contribution in [0.25, 0.3) is 0 Å². The average molecular weight is 330 g/mol.